The van der Waals surface area contributed by atoms with Gasteiger partial charge < -0.3 is 14.8 Å². The molecule has 0 aliphatic carbocycles. The molecule has 1 N–H and O–H groups in total. The monoisotopic (exact) mass is 373 g/mol. The molecular weight excluding hydrogens is 346 g/mol. The van der Waals surface area contributed by atoms with Crippen LogP contribution in [0.15, 0.2) is 36.4 Å². The Morgan fingerprint density at radius 2 is 1.81 bits per heavy atom. The third-order valence-corrected chi connectivity index (χ3v) is 5.16. The molecule has 0 aliphatic rings. The Morgan fingerprint density at radius 1 is 1.04 bits per heavy atom. The van der Waals surface area contributed by atoms with Gasteiger partial charge in [-0.3, -0.25) is 4.79 Å². The largest absolute Gasteiger partial charge is 0.493 e. The maximum Gasteiger partial charge on any atom is 0.230 e. The molecule has 0 saturated heterocycles. The minimum absolute atomic E-state index is 0.0702. The fourth-order valence-corrected chi connectivity index (χ4v) is 3.56. The molecule has 0 radical (unpaired) electrons. The van der Waals surface area contributed by atoms with E-state index in [2.05, 4.69) is 37.4 Å². The van der Waals surface area contributed by atoms with Gasteiger partial charge in [-0.2, -0.15) is 0 Å². The molecule has 0 saturated carbocycles. The van der Waals surface area contributed by atoms with E-state index >= 15 is 0 Å². The Kier molecular flexibility index (Phi) is 7.85. The highest BCUT2D eigenvalue weighted by Crippen LogP contribution is 2.27. The summed E-state index contributed by atoms with van der Waals surface area (Å²) in [5, 5.41) is 2.98. The number of aryl methyl sites for hydroxylation is 2. The summed E-state index contributed by atoms with van der Waals surface area (Å²) >= 11 is 1.65. The van der Waals surface area contributed by atoms with Gasteiger partial charge in [-0.05, 0) is 49.1 Å². The average Bonchev–Trinajstić information content (AvgIpc) is 2.64. The van der Waals surface area contributed by atoms with Crippen molar-refractivity contribution >= 4 is 17.7 Å². The van der Waals surface area contributed by atoms with E-state index in [1.165, 1.54) is 16.7 Å². The lowest BCUT2D eigenvalue weighted by Gasteiger charge is -2.10. The second-order valence-corrected chi connectivity index (χ2v) is 7.20. The topological polar surface area (TPSA) is 47.6 Å². The molecule has 140 valence electrons. The van der Waals surface area contributed by atoms with Crippen LogP contribution in [0.3, 0.4) is 0 Å². The molecule has 2 aromatic rings. The highest BCUT2D eigenvalue weighted by atomic mass is 32.2. The summed E-state index contributed by atoms with van der Waals surface area (Å²) in [6.45, 7) is 4.81. The molecule has 4 nitrogen and oxygen atoms in total. The summed E-state index contributed by atoms with van der Waals surface area (Å²) in [6, 6.07) is 12.3. The van der Waals surface area contributed by atoms with Gasteiger partial charge in [-0.25, -0.2) is 0 Å². The van der Waals surface area contributed by atoms with Crippen molar-refractivity contribution < 1.29 is 14.3 Å². The number of ether oxygens (including phenoxy) is 2. The summed E-state index contributed by atoms with van der Waals surface area (Å²) < 4.78 is 10.5. The molecule has 2 aromatic carbocycles. The molecule has 5 heteroatoms. The minimum atomic E-state index is 0.0702. The van der Waals surface area contributed by atoms with Crippen LogP contribution in [0.1, 0.15) is 22.3 Å². The zero-order valence-corrected chi connectivity index (χ0v) is 16.7. The Balaban J connectivity index is 1.73. The second kappa shape index (κ2) is 10.1. The second-order valence-electron chi connectivity index (χ2n) is 6.21. The third kappa shape index (κ3) is 5.99. The molecule has 0 fully saturated rings. The molecule has 2 rings (SSSR count). The van der Waals surface area contributed by atoms with Crippen LogP contribution in [0.2, 0.25) is 0 Å². The normalized spacial score (nSPS) is 10.5. The zero-order valence-electron chi connectivity index (χ0n) is 15.9. The summed E-state index contributed by atoms with van der Waals surface area (Å²) in [6.07, 6.45) is 0.758. The van der Waals surface area contributed by atoms with Gasteiger partial charge in [0.15, 0.2) is 11.5 Å². The zero-order chi connectivity index (χ0) is 18.9. The number of carbonyl (C=O) groups excluding carboxylic acids is 1. The van der Waals surface area contributed by atoms with Crippen LogP contribution < -0.4 is 14.8 Å². The van der Waals surface area contributed by atoms with E-state index in [0.717, 1.165) is 17.7 Å². The van der Waals surface area contributed by atoms with Gasteiger partial charge in [0, 0.05) is 12.3 Å². The van der Waals surface area contributed by atoms with Crippen molar-refractivity contribution in [3.8, 4) is 11.5 Å². The van der Waals surface area contributed by atoms with Crippen molar-refractivity contribution in [1.82, 2.24) is 5.32 Å². The molecular formula is C21H27NO3S. The first-order valence-corrected chi connectivity index (χ1v) is 9.80. The Bertz CT molecular complexity index is 746. The van der Waals surface area contributed by atoms with Gasteiger partial charge in [-0.15, -0.1) is 11.8 Å². The average molecular weight is 374 g/mol. The van der Waals surface area contributed by atoms with Crippen LogP contribution >= 0.6 is 11.8 Å². The van der Waals surface area contributed by atoms with E-state index in [4.69, 9.17) is 9.47 Å². The van der Waals surface area contributed by atoms with E-state index < -0.39 is 0 Å². The first-order valence-electron chi connectivity index (χ1n) is 8.65. The van der Waals surface area contributed by atoms with E-state index in [-0.39, 0.29) is 5.91 Å². The van der Waals surface area contributed by atoms with Crippen molar-refractivity contribution in [3.05, 3.63) is 58.7 Å². The number of rotatable bonds is 9. The number of amides is 1. The number of thioether (sulfide) groups is 1. The fourth-order valence-electron chi connectivity index (χ4n) is 2.64. The molecule has 1 amide bonds. The number of benzene rings is 2. The fraction of sp³-hybridized carbons (Fsp3) is 0.381. The van der Waals surface area contributed by atoms with Crippen LogP contribution in [0.4, 0.5) is 0 Å². The highest BCUT2D eigenvalue weighted by molar-refractivity contribution is 7.99. The molecule has 0 bridgehead atoms. The molecule has 0 spiro atoms. The van der Waals surface area contributed by atoms with Gasteiger partial charge in [-0.1, -0.05) is 29.8 Å². The van der Waals surface area contributed by atoms with Gasteiger partial charge in [0.2, 0.25) is 5.91 Å². The summed E-state index contributed by atoms with van der Waals surface area (Å²) in [5.41, 5.74) is 4.93. The number of nitrogens with one attached hydrogen (secondary N) is 1. The van der Waals surface area contributed by atoms with E-state index in [9.17, 15) is 4.79 Å². The maximum atomic E-state index is 12.0. The van der Waals surface area contributed by atoms with Crippen molar-refractivity contribution in [2.75, 3.05) is 26.5 Å². The van der Waals surface area contributed by atoms with Crippen molar-refractivity contribution in [2.45, 2.75) is 26.0 Å². The van der Waals surface area contributed by atoms with Crippen LogP contribution in [0.5, 0.6) is 11.5 Å². The van der Waals surface area contributed by atoms with Crippen LogP contribution in [-0.4, -0.2) is 32.4 Å². The molecule has 0 aliphatic heterocycles. The quantitative estimate of drug-likeness (QED) is 0.724. The lowest BCUT2D eigenvalue weighted by atomic mass is 10.1. The number of hydrogen-bond acceptors (Lipinski definition) is 4. The predicted molar refractivity (Wildman–Crippen MR) is 108 cm³/mol. The highest BCUT2D eigenvalue weighted by Gasteiger charge is 2.06. The lowest BCUT2D eigenvalue weighted by molar-refractivity contribution is -0.118. The molecule has 0 unspecified atom stereocenters. The maximum absolute atomic E-state index is 12.0. The third-order valence-electron chi connectivity index (χ3n) is 4.18. The Morgan fingerprint density at radius 3 is 2.54 bits per heavy atom. The number of hydrogen-bond donors (Lipinski definition) is 1. The van der Waals surface area contributed by atoms with E-state index in [0.29, 0.717) is 23.8 Å². The predicted octanol–water partition coefficient (Wildman–Crippen LogP) is 3.91. The van der Waals surface area contributed by atoms with Crippen molar-refractivity contribution in [2.24, 2.45) is 0 Å². The number of methoxy groups -OCH3 is 2. The first kappa shape index (κ1) is 20.2. The molecule has 0 aromatic heterocycles. The smallest absolute Gasteiger partial charge is 0.230 e. The van der Waals surface area contributed by atoms with Gasteiger partial charge in [0.25, 0.3) is 0 Å². The van der Waals surface area contributed by atoms with Gasteiger partial charge in [0.05, 0.1) is 20.0 Å². The number of carbonyl (C=O) groups is 1. The molecule has 0 heterocycles. The molecule has 0 atom stereocenters. The summed E-state index contributed by atoms with van der Waals surface area (Å²) in [5.74, 6) is 2.82. The van der Waals surface area contributed by atoms with Gasteiger partial charge in [0.1, 0.15) is 0 Å². The van der Waals surface area contributed by atoms with Crippen molar-refractivity contribution in [3.63, 3.8) is 0 Å². The van der Waals surface area contributed by atoms with Crippen LogP contribution in [-0.2, 0) is 17.0 Å². The lowest BCUT2D eigenvalue weighted by Crippen LogP contribution is -2.27. The van der Waals surface area contributed by atoms with Gasteiger partial charge >= 0.3 is 0 Å². The summed E-state index contributed by atoms with van der Waals surface area (Å²) in [7, 11) is 3.24. The molecule has 26 heavy (non-hydrogen) atoms. The van der Waals surface area contributed by atoms with Crippen LogP contribution in [0.25, 0.3) is 0 Å². The summed E-state index contributed by atoms with van der Waals surface area (Å²) in [4.78, 5) is 12.0. The SMILES string of the molecule is COc1ccc(CCNC(=O)CSCc2cc(C)ccc2C)cc1OC. The van der Waals surface area contributed by atoms with E-state index in [1.54, 1.807) is 26.0 Å². The Hall–Kier alpha value is -2.14. The van der Waals surface area contributed by atoms with Crippen molar-refractivity contribution in [1.29, 1.82) is 0 Å². The Labute approximate surface area is 160 Å². The standard InChI is InChI=1S/C21H27NO3S/c1-15-5-6-16(2)18(11-15)13-26-14-21(23)22-10-9-17-7-8-19(24-3)20(12-17)25-4/h5-8,11-12H,9-10,13-14H2,1-4H3,(H,22,23). The first-order chi connectivity index (χ1) is 12.5. The van der Waals surface area contributed by atoms with Crippen LogP contribution in [0, 0.1) is 13.8 Å². The van der Waals surface area contributed by atoms with E-state index in [1.807, 2.05) is 18.2 Å². The minimum Gasteiger partial charge on any atom is -0.493 e.